The van der Waals surface area contributed by atoms with Crippen molar-refractivity contribution in [2.45, 2.75) is 6.04 Å². The first-order chi connectivity index (χ1) is 9.25. The molecule has 2 aliphatic heterocycles. The third kappa shape index (κ3) is 2.68. The number of amides is 1. The number of hydrogen-bond donors (Lipinski definition) is 1. The highest BCUT2D eigenvalue weighted by atomic mass is 79.9. The zero-order valence-corrected chi connectivity index (χ0v) is 12.4. The van der Waals surface area contributed by atoms with Crippen molar-refractivity contribution < 1.29 is 4.79 Å². The van der Waals surface area contributed by atoms with Gasteiger partial charge in [0.25, 0.3) is 5.91 Å². The molecule has 1 aromatic carbocycles. The summed E-state index contributed by atoms with van der Waals surface area (Å²) in [6, 6.07) is 8.33. The van der Waals surface area contributed by atoms with Crippen LogP contribution >= 0.6 is 15.9 Å². The van der Waals surface area contributed by atoms with E-state index >= 15 is 0 Å². The minimum absolute atomic E-state index is 0.138. The molecule has 0 spiro atoms. The third-order valence-electron chi connectivity index (χ3n) is 3.98. The number of halogens is 1. The smallest absolute Gasteiger partial charge is 0.255 e. The molecule has 1 N–H and O–H groups in total. The lowest BCUT2D eigenvalue weighted by atomic mass is 10.1. The number of carbonyl (C=O) groups is 1. The van der Waals surface area contributed by atoms with Gasteiger partial charge in [0.1, 0.15) is 0 Å². The van der Waals surface area contributed by atoms with Gasteiger partial charge in [0.2, 0.25) is 0 Å². The molecule has 3 rings (SSSR count). The highest BCUT2D eigenvalue weighted by Gasteiger charge is 2.29. The topological polar surface area (TPSA) is 35.6 Å². The van der Waals surface area contributed by atoms with Crippen LogP contribution < -0.4 is 5.32 Å². The number of nitrogens with zero attached hydrogens (tertiary/aromatic N) is 2. The molecule has 2 fully saturated rings. The Morgan fingerprint density at radius 3 is 2.42 bits per heavy atom. The summed E-state index contributed by atoms with van der Waals surface area (Å²) in [5.74, 6) is 0.138. The minimum atomic E-state index is 0.138. The van der Waals surface area contributed by atoms with Gasteiger partial charge in [-0.1, -0.05) is 12.1 Å². The van der Waals surface area contributed by atoms with Crippen LogP contribution in [-0.2, 0) is 0 Å². The average molecular weight is 324 g/mol. The lowest BCUT2D eigenvalue weighted by Crippen LogP contribution is -2.62. The molecule has 0 radical (unpaired) electrons. The summed E-state index contributed by atoms with van der Waals surface area (Å²) in [6.45, 7) is 5.83. The van der Waals surface area contributed by atoms with Crippen molar-refractivity contribution >= 4 is 21.8 Å². The summed E-state index contributed by atoms with van der Waals surface area (Å²) in [5.41, 5.74) is 0.765. The Kier molecular flexibility index (Phi) is 3.86. The van der Waals surface area contributed by atoms with Gasteiger partial charge in [0.15, 0.2) is 0 Å². The van der Waals surface area contributed by atoms with Gasteiger partial charge in [0.05, 0.1) is 5.56 Å². The maximum absolute atomic E-state index is 12.4. The summed E-state index contributed by atoms with van der Waals surface area (Å²) in [5, 5.41) is 3.30. The van der Waals surface area contributed by atoms with Crippen molar-refractivity contribution in [2.24, 2.45) is 0 Å². The third-order valence-corrected chi connectivity index (χ3v) is 4.67. The van der Waals surface area contributed by atoms with Gasteiger partial charge in [0, 0.05) is 49.8 Å². The second kappa shape index (κ2) is 5.61. The van der Waals surface area contributed by atoms with Crippen LogP contribution in [0.25, 0.3) is 0 Å². The Morgan fingerprint density at radius 2 is 1.84 bits per heavy atom. The molecule has 1 amide bonds. The Labute approximate surface area is 121 Å². The molecular weight excluding hydrogens is 306 g/mol. The van der Waals surface area contributed by atoms with Crippen LogP contribution in [0.1, 0.15) is 10.4 Å². The van der Waals surface area contributed by atoms with Crippen LogP contribution in [0.2, 0.25) is 0 Å². The van der Waals surface area contributed by atoms with Crippen LogP contribution in [0.15, 0.2) is 28.7 Å². The lowest BCUT2D eigenvalue weighted by molar-refractivity contribution is 0.0501. The van der Waals surface area contributed by atoms with Crippen molar-refractivity contribution in [3.63, 3.8) is 0 Å². The van der Waals surface area contributed by atoms with E-state index in [1.165, 1.54) is 0 Å². The maximum Gasteiger partial charge on any atom is 0.255 e. The molecule has 0 unspecified atom stereocenters. The predicted octanol–water partition coefficient (Wildman–Crippen LogP) is 1.18. The Hall–Kier alpha value is -0.910. The fourth-order valence-corrected chi connectivity index (χ4v) is 3.08. The van der Waals surface area contributed by atoms with Gasteiger partial charge < -0.3 is 10.2 Å². The van der Waals surface area contributed by atoms with Gasteiger partial charge in [-0.25, -0.2) is 0 Å². The standard InChI is InChI=1S/C14H18BrN3O/c15-13-4-2-1-3-12(13)14(19)18-7-5-17(6-8-18)11-9-16-10-11/h1-4,11,16H,5-10H2. The molecule has 0 aliphatic carbocycles. The largest absolute Gasteiger partial charge is 0.336 e. The van der Waals surface area contributed by atoms with Crippen LogP contribution in [0, 0.1) is 0 Å². The molecular formula is C14H18BrN3O. The molecule has 1 aromatic rings. The number of nitrogens with one attached hydrogen (secondary N) is 1. The van der Waals surface area contributed by atoms with Crippen molar-refractivity contribution in [1.82, 2.24) is 15.1 Å². The second-order valence-electron chi connectivity index (χ2n) is 5.12. The summed E-state index contributed by atoms with van der Waals surface area (Å²) in [6.07, 6.45) is 0. The maximum atomic E-state index is 12.4. The van der Waals surface area contributed by atoms with E-state index in [1.54, 1.807) is 0 Å². The van der Waals surface area contributed by atoms with E-state index in [9.17, 15) is 4.79 Å². The highest BCUT2D eigenvalue weighted by Crippen LogP contribution is 2.19. The zero-order chi connectivity index (χ0) is 13.2. The van der Waals surface area contributed by atoms with Crippen molar-refractivity contribution in [1.29, 1.82) is 0 Å². The lowest BCUT2D eigenvalue weighted by Gasteiger charge is -2.43. The fraction of sp³-hybridized carbons (Fsp3) is 0.500. The fourth-order valence-electron chi connectivity index (χ4n) is 2.63. The van der Waals surface area contributed by atoms with E-state index in [-0.39, 0.29) is 5.91 Å². The first-order valence-electron chi connectivity index (χ1n) is 6.74. The van der Waals surface area contributed by atoms with E-state index in [2.05, 4.69) is 26.1 Å². The first-order valence-corrected chi connectivity index (χ1v) is 7.53. The highest BCUT2D eigenvalue weighted by molar-refractivity contribution is 9.10. The molecule has 0 aromatic heterocycles. The minimum Gasteiger partial charge on any atom is -0.336 e. The van der Waals surface area contributed by atoms with Gasteiger partial charge in [-0.05, 0) is 28.1 Å². The molecule has 2 saturated heterocycles. The molecule has 2 heterocycles. The Balaban J connectivity index is 1.62. The average Bonchev–Trinajstić information content (AvgIpc) is 2.37. The molecule has 19 heavy (non-hydrogen) atoms. The number of benzene rings is 1. The number of carbonyl (C=O) groups excluding carboxylic acids is 1. The molecule has 102 valence electrons. The number of piperazine rings is 1. The van der Waals surface area contributed by atoms with Crippen LogP contribution in [0.5, 0.6) is 0 Å². The van der Waals surface area contributed by atoms with Crippen molar-refractivity contribution in [3.8, 4) is 0 Å². The van der Waals surface area contributed by atoms with E-state index in [4.69, 9.17) is 0 Å². The van der Waals surface area contributed by atoms with Crippen LogP contribution in [0.4, 0.5) is 0 Å². The van der Waals surface area contributed by atoms with Gasteiger partial charge in [-0.2, -0.15) is 0 Å². The van der Waals surface area contributed by atoms with Crippen molar-refractivity contribution in [3.05, 3.63) is 34.3 Å². The first kappa shape index (κ1) is 13.1. The van der Waals surface area contributed by atoms with E-state index in [0.29, 0.717) is 6.04 Å². The van der Waals surface area contributed by atoms with Crippen LogP contribution in [0.3, 0.4) is 0 Å². The SMILES string of the molecule is O=C(c1ccccc1Br)N1CCN(C2CNC2)CC1. The normalized spacial score (nSPS) is 21.2. The predicted molar refractivity (Wildman–Crippen MR) is 78.3 cm³/mol. The Morgan fingerprint density at radius 1 is 1.16 bits per heavy atom. The van der Waals surface area contributed by atoms with Crippen molar-refractivity contribution in [2.75, 3.05) is 39.3 Å². The number of rotatable bonds is 2. The summed E-state index contributed by atoms with van der Waals surface area (Å²) in [7, 11) is 0. The molecule has 4 nitrogen and oxygen atoms in total. The molecule has 0 saturated carbocycles. The van der Waals surface area contributed by atoms with Gasteiger partial charge in [-0.3, -0.25) is 9.69 Å². The quantitative estimate of drug-likeness (QED) is 0.887. The monoisotopic (exact) mass is 323 g/mol. The zero-order valence-electron chi connectivity index (χ0n) is 10.8. The van der Waals surface area contributed by atoms with Crippen LogP contribution in [-0.4, -0.2) is 61.0 Å². The molecule has 0 bridgehead atoms. The van der Waals surface area contributed by atoms with Gasteiger partial charge in [-0.15, -0.1) is 0 Å². The van der Waals surface area contributed by atoms with Gasteiger partial charge >= 0.3 is 0 Å². The number of hydrogen-bond acceptors (Lipinski definition) is 3. The summed E-state index contributed by atoms with van der Waals surface area (Å²) in [4.78, 5) is 16.9. The Bertz CT molecular complexity index is 468. The summed E-state index contributed by atoms with van der Waals surface area (Å²) >= 11 is 3.45. The molecule has 5 heteroatoms. The summed E-state index contributed by atoms with van der Waals surface area (Å²) < 4.78 is 0.880. The molecule has 0 atom stereocenters. The van der Waals surface area contributed by atoms with E-state index < -0.39 is 0 Å². The van der Waals surface area contributed by atoms with E-state index in [1.807, 2.05) is 29.2 Å². The second-order valence-corrected chi connectivity index (χ2v) is 5.97. The molecule has 2 aliphatic rings. The van der Waals surface area contributed by atoms with E-state index in [0.717, 1.165) is 49.3 Å².